The van der Waals surface area contributed by atoms with E-state index >= 15 is 0 Å². The first kappa shape index (κ1) is 21.9. The summed E-state index contributed by atoms with van der Waals surface area (Å²) in [6, 6.07) is 20.0. The van der Waals surface area contributed by atoms with E-state index in [-0.39, 0.29) is 5.95 Å². The molecule has 0 saturated carbocycles. The Balaban J connectivity index is 1.59. The van der Waals surface area contributed by atoms with Crippen LogP contribution in [0.15, 0.2) is 66.7 Å². The molecule has 2 aromatic carbocycles. The number of nitrogens with zero attached hydrogens (tertiary/aromatic N) is 3. The Morgan fingerprint density at radius 1 is 0.781 bits per heavy atom. The summed E-state index contributed by atoms with van der Waals surface area (Å²) in [5.41, 5.74) is 2.94. The van der Waals surface area contributed by atoms with Gasteiger partial charge in [-0.05, 0) is 18.9 Å². The predicted octanol–water partition coefficient (Wildman–Crippen LogP) is 4.05. The third kappa shape index (κ3) is 5.49. The van der Waals surface area contributed by atoms with E-state index in [2.05, 4.69) is 20.0 Å². The second kappa shape index (κ2) is 9.88. The summed E-state index contributed by atoms with van der Waals surface area (Å²) < 4.78 is 28.7. The smallest absolute Gasteiger partial charge is 0.275 e. The van der Waals surface area contributed by atoms with Crippen LogP contribution in [0.1, 0.15) is 25.7 Å². The number of rotatable bonds is 5. The molecule has 2 amide bonds. The Morgan fingerprint density at radius 2 is 1.28 bits per heavy atom. The van der Waals surface area contributed by atoms with Crippen molar-refractivity contribution in [3.63, 3.8) is 0 Å². The zero-order valence-corrected chi connectivity index (χ0v) is 18.4. The van der Waals surface area contributed by atoms with Crippen molar-refractivity contribution in [3.8, 4) is 22.5 Å². The summed E-state index contributed by atoms with van der Waals surface area (Å²) >= 11 is 0. The molecule has 1 aliphatic heterocycles. The maximum absolute atomic E-state index is 12.6. The van der Waals surface area contributed by atoms with Crippen molar-refractivity contribution in [3.05, 3.63) is 66.7 Å². The highest BCUT2D eigenvalue weighted by Gasteiger charge is 2.25. The lowest BCUT2D eigenvalue weighted by molar-refractivity contribution is 0.255. The molecular formula is C23H25N5O3S. The van der Waals surface area contributed by atoms with Gasteiger partial charge in [0.1, 0.15) is 0 Å². The molecule has 1 fully saturated rings. The molecule has 0 unspecified atom stereocenters. The molecule has 3 aromatic rings. The summed E-state index contributed by atoms with van der Waals surface area (Å²) in [7, 11) is -3.93. The van der Waals surface area contributed by atoms with Crippen molar-refractivity contribution in [2.75, 3.05) is 18.4 Å². The molecule has 0 aliphatic carbocycles. The van der Waals surface area contributed by atoms with Crippen LogP contribution >= 0.6 is 0 Å². The second-order valence-electron chi connectivity index (χ2n) is 7.57. The highest BCUT2D eigenvalue weighted by molar-refractivity contribution is 7.87. The monoisotopic (exact) mass is 451 g/mol. The van der Waals surface area contributed by atoms with Crippen LogP contribution in [0, 0.1) is 0 Å². The summed E-state index contributed by atoms with van der Waals surface area (Å²) in [4.78, 5) is 21.4. The molecule has 0 spiro atoms. The molecule has 0 atom stereocenters. The number of benzene rings is 2. The zero-order chi connectivity index (χ0) is 22.4. The van der Waals surface area contributed by atoms with E-state index in [4.69, 9.17) is 0 Å². The number of hydrogen-bond acceptors (Lipinski definition) is 5. The molecule has 8 nitrogen and oxygen atoms in total. The van der Waals surface area contributed by atoms with Crippen LogP contribution in [-0.2, 0) is 10.2 Å². The number of anilines is 1. The number of amides is 2. The lowest BCUT2D eigenvalue weighted by Crippen LogP contribution is -2.45. The number of carbonyl (C=O) groups excluding carboxylic acids is 1. The SMILES string of the molecule is O=C(Nc1nc(-c2ccccc2)cc(-c2ccccc2)n1)NS(=O)(=O)N1CCCCCC1. The van der Waals surface area contributed by atoms with E-state index < -0.39 is 16.2 Å². The van der Waals surface area contributed by atoms with Gasteiger partial charge >= 0.3 is 16.2 Å². The van der Waals surface area contributed by atoms with Gasteiger partial charge < -0.3 is 0 Å². The zero-order valence-electron chi connectivity index (χ0n) is 17.6. The predicted molar refractivity (Wildman–Crippen MR) is 124 cm³/mol. The van der Waals surface area contributed by atoms with E-state index in [1.165, 1.54) is 4.31 Å². The quantitative estimate of drug-likeness (QED) is 0.609. The van der Waals surface area contributed by atoms with Crippen LogP contribution < -0.4 is 10.0 Å². The third-order valence-corrected chi connectivity index (χ3v) is 6.71. The van der Waals surface area contributed by atoms with E-state index in [1.54, 1.807) is 0 Å². The fourth-order valence-electron chi connectivity index (χ4n) is 3.61. The molecule has 2 heterocycles. The minimum absolute atomic E-state index is 0.0220. The number of nitrogens with one attached hydrogen (secondary N) is 2. The van der Waals surface area contributed by atoms with Crippen molar-refractivity contribution >= 4 is 22.2 Å². The molecule has 0 bridgehead atoms. The summed E-state index contributed by atoms with van der Waals surface area (Å²) in [6.07, 6.45) is 3.54. The standard InChI is InChI=1S/C23H25N5O3S/c29-23(27-32(30,31)28-15-9-1-2-10-16-28)26-22-24-20(18-11-5-3-6-12-18)17-21(25-22)19-13-7-4-8-14-19/h3-8,11-14,17H,1-2,9-10,15-16H2,(H2,24,25,26,27,29). The van der Waals surface area contributed by atoms with Crippen LogP contribution in [0.3, 0.4) is 0 Å². The average molecular weight is 452 g/mol. The Labute approximate surface area is 187 Å². The summed E-state index contributed by atoms with van der Waals surface area (Å²) in [5.74, 6) is 0.0220. The first-order chi connectivity index (χ1) is 15.5. The molecule has 32 heavy (non-hydrogen) atoms. The highest BCUT2D eigenvalue weighted by atomic mass is 32.2. The molecule has 4 rings (SSSR count). The molecular weight excluding hydrogens is 426 g/mol. The number of carbonyl (C=O) groups is 1. The van der Waals surface area contributed by atoms with Crippen LogP contribution in [0.25, 0.3) is 22.5 Å². The van der Waals surface area contributed by atoms with E-state index in [0.29, 0.717) is 24.5 Å². The first-order valence-corrected chi connectivity index (χ1v) is 12.0. The fraction of sp³-hybridized carbons (Fsp3) is 0.261. The van der Waals surface area contributed by atoms with Gasteiger partial charge in [-0.15, -0.1) is 0 Å². The van der Waals surface area contributed by atoms with Gasteiger partial charge in [0.25, 0.3) is 0 Å². The van der Waals surface area contributed by atoms with Crippen LogP contribution in [0.4, 0.5) is 10.7 Å². The molecule has 9 heteroatoms. The fourth-order valence-corrected chi connectivity index (χ4v) is 4.76. The Hall–Kier alpha value is -3.30. The van der Waals surface area contributed by atoms with Crippen LogP contribution in [-0.4, -0.2) is 41.8 Å². The van der Waals surface area contributed by atoms with Gasteiger partial charge in [-0.2, -0.15) is 12.7 Å². The lowest BCUT2D eigenvalue weighted by atomic mass is 10.1. The van der Waals surface area contributed by atoms with Gasteiger partial charge in [0.05, 0.1) is 11.4 Å². The van der Waals surface area contributed by atoms with E-state index in [1.807, 2.05) is 66.7 Å². The van der Waals surface area contributed by atoms with Crippen molar-refractivity contribution < 1.29 is 13.2 Å². The van der Waals surface area contributed by atoms with Gasteiger partial charge in [0, 0.05) is 24.2 Å². The average Bonchev–Trinajstić information content (AvgIpc) is 3.10. The second-order valence-corrected chi connectivity index (χ2v) is 9.24. The maximum Gasteiger partial charge on any atom is 0.336 e. The van der Waals surface area contributed by atoms with Crippen molar-refractivity contribution in [2.45, 2.75) is 25.7 Å². The van der Waals surface area contributed by atoms with E-state index in [9.17, 15) is 13.2 Å². The topological polar surface area (TPSA) is 104 Å². The molecule has 1 aliphatic rings. The largest absolute Gasteiger partial charge is 0.336 e. The Morgan fingerprint density at radius 3 is 1.78 bits per heavy atom. The molecule has 2 N–H and O–H groups in total. The van der Waals surface area contributed by atoms with Gasteiger partial charge in [0.15, 0.2) is 0 Å². The van der Waals surface area contributed by atoms with E-state index in [0.717, 1.165) is 36.8 Å². The number of urea groups is 1. The molecule has 1 aromatic heterocycles. The van der Waals surface area contributed by atoms with Crippen molar-refractivity contribution in [1.29, 1.82) is 0 Å². The number of aromatic nitrogens is 2. The van der Waals surface area contributed by atoms with Gasteiger partial charge in [-0.1, -0.05) is 73.5 Å². The van der Waals surface area contributed by atoms with Gasteiger partial charge in [0.2, 0.25) is 5.95 Å². The normalized spacial score (nSPS) is 15.0. The third-order valence-electron chi connectivity index (χ3n) is 5.22. The summed E-state index contributed by atoms with van der Waals surface area (Å²) in [5, 5.41) is 2.49. The van der Waals surface area contributed by atoms with Gasteiger partial charge in [-0.3, -0.25) is 5.32 Å². The van der Waals surface area contributed by atoms with Gasteiger partial charge in [-0.25, -0.2) is 19.5 Å². The summed E-state index contributed by atoms with van der Waals surface area (Å²) in [6.45, 7) is 0.807. The maximum atomic E-state index is 12.6. The van der Waals surface area contributed by atoms with Crippen molar-refractivity contribution in [2.24, 2.45) is 0 Å². The minimum atomic E-state index is -3.93. The number of hydrogen-bond donors (Lipinski definition) is 2. The first-order valence-electron chi connectivity index (χ1n) is 10.6. The lowest BCUT2D eigenvalue weighted by Gasteiger charge is -2.20. The van der Waals surface area contributed by atoms with Crippen LogP contribution in [0.5, 0.6) is 0 Å². The van der Waals surface area contributed by atoms with Crippen LogP contribution in [0.2, 0.25) is 0 Å². The highest BCUT2D eigenvalue weighted by Crippen LogP contribution is 2.25. The van der Waals surface area contributed by atoms with Crippen molar-refractivity contribution in [1.82, 2.24) is 19.0 Å². The molecule has 166 valence electrons. The molecule has 1 saturated heterocycles. The Bertz CT molecular complexity index is 1110. The minimum Gasteiger partial charge on any atom is -0.275 e. The Kier molecular flexibility index (Phi) is 6.77. The molecule has 0 radical (unpaired) electrons.